The Hall–Kier alpha value is -3.30. The van der Waals surface area contributed by atoms with Gasteiger partial charge in [0.25, 0.3) is 5.91 Å². The molecule has 1 amide bonds. The van der Waals surface area contributed by atoms with Crippen molar-refractivity contribution in [3.05, 3.63) is 77.7 Å². The molecule has 1 heterocycles. The summed E-state index contributed by atoms with van der Waals surface area (Å²) in [6.45, 7) is 4.54. The highest BCUT2D eigenvalue weighted by molar-refractivity contribution is 6.30. The van der Waals surface area contributed by atoms with Gasteiger partial charge in [-0.1, -0.05) is 23.3 Å². The molecule has 2 atom stereocenters. The number of aromatic nitrogens is 2. The Labute approximate surface area is 187 Å². The van der Waals surface area contributed by atoms with Crippen molar-refractivity contribution in [1.82, 2.24) is 15.5 Å². The minimum Gasteiger partial charge on any atom is -0.429 e. The van der Waals surface area contributed by atoms with E-state index in [0.717, 1.165) is 0 Å². The second-order valence-electron chi connectivity index (χ2n) is 6.94. The number of benzene rings is 2. The van der Waals surface area contributed by atoms with Gasteiger partial charge in [0.1, 0.15) is 5.75 Å². The standard InChI is InChI=1S/C22H20ClF2N3O4/c1-3-22(24,25)31-17-10-6-14(7-11-17)20-27-19(32-28-20)12-18(13(2)29)26-21(30)15-4-8-16(23)9-5-15/h3-11,13,18,29H,1,12H2,2H3,(H,26,30)/t13-,18?/m1/s1. The van der Waals surface area contributed by atoms with Gasteiger partial charge in [0.2, 0.25) is 11.7 Å². The minimum absolute atomic E-state index is 0.0542. The van der Waals surface area contributed by atoms with Gasteiger partial charge in [-0.15, -0.1) is 0 Å². The molecule has 0 radical (unpaired) electrons. The van der Waals surface area contributed by atoms with E-state index in [1.807, 2.05) is 0 Å². The number of nitrogens with zero attached hydrogens (tertiary/aromatic N) is 2. The number of carbonyl (C=O) groups is 1. The molecule has 0 bridgehead atoms. The summed E-state index contributed by atoms with van der Waals surface area (Å²) in [5.74, 6) is -0.0445. The van der Waals surface area contributed by atoms with Gasteiger partial charge in [0.15, 0.2) is 0 Å². The summed E-state index contributed by atoms with van der Waals surface area (Å²) in [7, 11) is 0. The lowest BCUT2D eigenvalue weighted by atomic mass is 10.1. The largest absolute Gasteiger partial charge is 0.429 e. The van der Waals surface area contributed by atoms with Crippen LogP contribution in [0, 0.1) is 0 Å². The number of alkyl halides is 2. The SMILES string of the molecule is C=CC(F)(F)Oc1ccc(-c2noc(CC(NC(=O)c3ccc(Cl)cc3)[C@@H](C)O)n2)cc1. The van der Waals surface area contributed by atoms with E-state index in [4.69, 9.17) is 16.1 Å². The minimum atomic E-state index is -3.48. The smallest absolute Gasteiger partial charge is 0.419 e. The fourth-order valence-electron chi connectivity index (χ4n) is 2.71. The second-order valence-corrected chi connectivity index (χ2v) is 7.37. The molecule has 168 valence electrons. The van der Waals surface area contributed by atoms with Crippen molar-refractivity contribution in [2.45, 2.75) is 31.6 Å². The lowest BCUT2D eigenvalue weighted by Crippen LogP contribution is -2.43. The van der Waals surface area contributed by atoms with Gasteiger partial charge in [0, 0.05) is 28.6 Å². The number of aliphatic hydroxyl groups excluding tert-OH is 1. The zero-order valence-corrected chi connectivity index (χ0v) is 17.7. The highest BCUT2D eigenvalue weighted by Crippen LogP contribution is 2.25. The average molecular weight is 464 g/mol. The molecule has 0 aliphatic heterocycles. The lowest BCUT2D eigenvalue weighted by molar-refractivity contribution is -0.131. The normalized spacial score (nSPS) is 13.3. The summed E-state index contributed by atoms with van der Waals surface area (Å²) in [5.41, 5.74) is 0.892. The number of carbonyl (C=O) groups excluding carboxylic acids is 1. The van der Waals surface area contributed by atoms with Crippen molar-refractivity contribution in [2.75, 3.05) is 0 Å². The van der Waals surface area contributed by atoms with Crippen LogP contribution in [-0.2, 0) is 6.42 Å². The zero-order chi connectivity index (χ0) is 23.3. The van der Waals surface area contributed by atoms with Crippen LogP contribution >= 0.6 is 11.6 Å². The van der Waals surface area contributed by atoms with Gasteiger partial charge in [-0.3, -0.25) is 4.79 Å². The molecule has 3 rings (SSSR count). The van der Waals surface area contributed by atoms with E-state index in [1.165, 1.54) is 31.2 Å². The molecule has 0 fully saturated rings. The van der Waals surface area contributed by atoms with Gasteiger partial charge in [0.05, 0.1) is 12.1 Å². The van der Waals surface area contributed by atoms with Gasteiger partial charge in [-0.25, -0.2) is 0 Å². The van der Waals surface area contributed by atoms with Crippen molar-refractivity contribution in [3.63, 3.8) is 0 Å². The molecule has 2 aromatic carbocycles. The van der Waals surface area contributed by atoms with Crippen molar-refractivity contribution < 1.29 is 27.9 Å². The molecule has 0 aliphatic carbocycles. The van der Waals surface area contributed by atoms with Crippen molar-refractivity contribution >= 4 is 17.5 Å². The molecule has 32 heavy (non-hydrogen) atoms. The van der Waals surface area contributed by atoms with Crippen LogP contribution in [0.15, 0.2) is 65.7 Å². The third-order valence-electron chi connectivity index (χ3n) is 4.47. The van der Waals surface area contributed by atoms with Crippen LogP contribution in [0.2, 0.25) is 5.02 Å². The summed E-state index contributed by atoms with van der Waals surface area (Å²) in [6.07, 6.45) is -3.90. The quantitative estimate of drug-likeness (QED) is 0.460. The third kappa shape index (κ3) is 6.12. The summed E-state index contributed by atoms with van der Waals surface area (Å²) in [5, 5.41) is 17.2. The Bertz CT molecular complexity index is 1070. The maximum Gasteiger partial charge on any atom is 0.419 e. The maximum absolute atomic E-state index is 13.2. The predicted molar refractivity (Wildman–Crippen MR) is 114 cm³/mol. The summed E-state index contributed by atoms with van der Waals surface area (Å²) in [4.78, 5) is 16.7. The molecule has 10 heteroatoms. The molecular weight excluding hydrogens is 444 g/mol. The van der Waals surface area contributed by atoms with E-state index in [9.17, 15) is 18.7 Å². The fourth-order valence-corrected chi connectivity index (χ4v) is 2.84. The maximum atomic E-state index is 13.2. The number of aliphatic hydroxyl groups is 1. The number of halogens is 3. The van der Waals surface area contributed by atoms with Crippen LogP contribution in [0.3, 0.4) is 0 Å². The first-order valence-corrected chi connectivity index (χ1v) is 9.92. The first kappa shape index (κ1) is 23.4. The number of hydrogen-bond acceptors (Lipinski definition) is 6. The Morgan fingerprint density at radius 3 is 2.53 bits per heavy atom. The van der Waals surface area contributed by atoms with E-state index < -0.39 is 18.3 Å². The van der Waals surface area contributed by atoms with Crippen LogP contribution in [0.5, 0.6) is 5.75 Å². The predicted octanol–water partition coefficient (Wildman–Crippen LogP) is 4.27. The molecule has 3 aromatic rings. The zero-order valence-electron chi connectivity index (χ0n) is 17.0. The highest BCUT2D eigenvalue weighted by Gasteiger charge is 2.26. The molecule has 0 saturated heterocycles. The Kier molecular flexibility index (Phi) is 7.22. The highest BCUT2D eigenvalue weighted by atomic mass is 35.5. The lowest BCUT2D eigenvalue weighted by Gasteiger charge is -2.19. The van der Waals surface area contributed by atoms with Crippen LogP contribution in [0.25, 0.3) is 11.4 Å². The summed E-state index contributed by atoms with van der Waals surface area (Å²) in [6, 6.07) is 11.3. The van der Waals surface area contributed by atoms with Gasteiger partial charge in [-0.05, 0) is 55.5 Å². The molecule has 0 saturated carbocycles. The number of amides is 1. The van der Waals surface area contributed by atoms with Crippen molar-refractivity contribution in [2.24, 2.45) is 0 Å². The number of rotatable bonds is 9. The van der Waals surface area contributed by atoms with Gasteiger partial charge >= 0.3 is 6.11 Å². The second kappa shape index (κ2) is 9.88. The first-order chi connectivity index (χ1) is 15.2. The fraction of sp³-hybridized carbons (Fsp3) is 0.227. The van der Waals surface area contributed by atoms with E-state index in [0.29, 0.717) is 22.2 Å². The number of hydrogen-bond donors (Lipinski definition) is 2. The van der Waals surface area contributed by atoms with Crippen LogP contribution in [0.1, 0.15) is 23.2 Å². The Morgan fingerprint density at radius 2 is 1.94 bits per heavy atom. The average Bonchev–Trinajstić information content (AvgIpc) is 3.22. The first-order valence-electron chi connectivity index (χ1n) is 9.55. The summed E-state index contributed by atoms with van der Waals surface area (Å²) >= 11 is 5.83. The molecule has 0 aliphatic rings. The number of ether oxygens (including phenoxy) is 1. The van der Waals surface area contributed by atoms with Crippen molar-refractivity contribution in [3.8, 4) is 17.1 Å². The molecule has 0 spiro atoms. The van der Waals surface area contributed by atoms with Gasteiger partial charge in [-0.2, -0.15) is 13.8 Å². The molecule has 7 nitrogen and oxygen atoms in total. The van der Waals surface area contributed by atoms with E-state index in [-0.39, 0.29) is 29.8 Å². The molecular formula is C22H20ClF2N3O4. The third-order valence-corrected chi connectivity index (χ3v) is 4.72. The molecule has 1 aromatic heterocycles. The monoisotopic (exact) mass is 463 g/mol. The molecule has 1 unspecified atom stereocenters. The van der Waals surface area contributed by atoms with E-state index >= 15 is 0 Å². The molecule has 2 N–H and O–H groups in total. The Morgan fingerprint density at radius 1 is 1.28 bits per heavy atom. The van der Waals surface area contributed by atoms with E-state index in [1.54, 1.807) is 24.3 Å². The van der Waals surface area contributed by atoms with Gasteiger partial charge < -0.3 is 19.7 Å². The summed E-state index contributed by atoms with van der Waals surface area (Å²) < 4.78 is 36.2. The van der Waals surface area contributed by atoms with Crippen LogP contribution < -0.4 is 10.1 Å². The van der Waals surface area contributed by atoms with Crippen molar-refractivity contribution in [1.29, 1.82) is 0 Å². The topological polar surface area (TPSA) is 97.5 Å². The number of nitrogens with one attached hydrogen (secondary N) is 1. The van der Waals surface area contributed by atoms with Crippen LogP contribution in [-0.4, -0.2) is 39.4 Å². The van der Waals surface area contributed by atoms with Crippen LogP contribution in [0.4, 0.5) is 8.78 Å². The Balaban J connectivity index is 1.67. The van der Waals surface area contributed by atoms with E-state index in [2.05, 4.69) is 26.8 Å².